The quantitative estimate of drug-likeness (QED) is 0.893. The number of hydrogen-bond acceptors (Lipinski definition) is 3. The Bertz CT molecular complexity index is 595. The minimum Gasteiger partial charge on any atom is -0.353 e. The van der Waals surface area contributed by atoms with Crippen LogP contribution in [0, 0.1) is 5.82 Å². The maximum Gasteiger partial charge on any atom is 0.287 e. The molecule has 0 atom stereocenters. The first-order valence-corrected chi connectivity index (χ1v) is 5.20. The molecule has 0 bridgehead atoms. The molecule has 0 unspecified atom stereocenters. The number of aromatic nitrogens is 2. The first-order valence-electron chi connectivity index (χ1n) is 4.82. The van der Waals surface area contributed by atoms with Crippen LogP contribution in [0.15, 0.2) is 35.3 Å². The Labute approximate surface area is 102 Å². The van der Waals surface area contributed by atoms with Crippen molar-refractivity contribution in [2.75, 3.05) is 5.32 Å². The molecule has 1 N–H and O–H groups in total. The fourth-order valence-electron chi connectivity index (χ4n) is 1.29. The van der Waals surface area contributed by atoms with E-state index in [0.717, 1.165) is 4.68 Å². The van der Waals surface area contributed by atoms with Crippen LogP contribution < -0.4 is 10.9 Å². The second-order valence-corrected chi connectivity index (χ2v) is 3.81. The molecule has 1 heterocycles. The molecule has 17 heavy (non-hydrogen) atoms. The van der Waals surface area contributed by atoms with E-state index in [1.807, 2.05) is 0 Å². The minimum atomic E-state index is -0.390. The molecule has 88 valence electrons. The van der Waals surface area contributed by atoms with Crippen LogP contribution in [0.5, 0.6) is 0 Å². The zero-order valence-corrected chi connectivity index (χ0v) is 9.70. The highest BCUT2D eigenvalue weighted by molar-refractivity contribution is 6.33. The van der Waals surface area contributed by atoms with Gasteiger partial charge in [0.05, 0.1) is 11.9 Å². The molecule has 0 fully saturated rings. The Morgan fingerprint density at radius 3 is 2.65 bits per heavy atom. The van der Waals surface area contributed by atoms with Crippen LogP contribution in [-0.4, -0.2) is 9.78 Å². The van der Waals surface area contributed by atoms with E-state index >= 15 is 0 Å². The first-order chi connectivity index (χ1) is 8.08. The SMILES string of the molecule is Cn1ncc(Nc2ccc(F)cc2)c(Cl)c1=O. The summed E-state index contributed by atoms with van der Waals surface area (Å²) in [5.74, 6) is -0.330. The zero-order chi connectivity index (χ0) is 12.4. The number of rotatable bonds is 2. The normalized spacial score (nSPS) is 10.3. The third-order valence-electron chi connectivity index (χ3n) is 2.20. The van der Waals surface area contributed by atoms with Gasteiger partial charge in [-0.2, -0.15) is 5.10 Å². The summed E-state index contributed by atoms with van der Waals surface area (Å²) in [7, 11) is 1.51. The molecule has 0 amide bonds. The predicted molar refractivity (Wildman–Crippen MR) is 64.2 cm³/mol. The van der Waals surface area contributed by atoms with Crippen molar-refractivity contribution >= 4 is 23.0 Å². The number of nitrogens with one attached hydrogen (secondary N) is 1. The molecule has 0 spiro atoms. The Hall–Kier alpha value is -1.88. The lowest BCUT2D eigenvalue weighted by Gasteiger charge is -2.08. The van der Waals surface area contributed by atoms with E-state index in [-0.39, 0.29) is 10.8 Å². The van der Waals surface area contributed by atoms with Crippen LogP contribution in [0.4, 0.5) is 15.8 Å². The van der Waals surface area contributed by atoms with Crippen LogP contribution in [0.25, 0.3) is 0 Å². The third-order valence-corrected chi connectivity index (χ3v) is 2.57. The van der Waals surface area contributed by atoms with Crippen LogP contribution in [0.1, 0.15) is 0 Å². The predicted octanol–water partition coefficient (Wildman–Crippen LogP) is 2.32. The summed E-state index contributed by atoms with van der Waals surface area (Å²) >= 11 is 5.87. The van der Waals surface area contributed by atoms with Gasteiger partial charge in [-0.25, -0.2) is 9.07 Å². The smallest absolute Gasteiger partial charge is 0.287 e. The number of hydrogen-bond donors (Lipinski definition) is 1. The topological polar surface area (TPSA) is 46.9 Å². The average molecular weight is 254 g/mol. The number of halogens is 2. The zero-order valence-electron chi connectivity index (χ0n) is 8.95. The van der Waals surface area contributed by atoms with Gasteiger partial charge in [0.25, 0.3) is 5.56 Å². The summed E-state index contributed by atoms with van der Waals surface area (Å²) in [6, 6.07) is 5.71. The van der Waals surface area contributed by atoms with Crippen LogP contribution in [-0.2, 0) is 7.05 Å². The van der Waals surface area contributed by atoms with Crippen molar-refractivity contribution in [3.63, 3.8) is 0 Å². The van der Waals surface area contributed by atoms with Gasteiger partial charge in [0.2, 0.25) is 0 Å². The van der Waals surface area contributed by atoms with Crippen molar-refractivity contribution in [1.82, 2.24) is 9.78 Å². The van der Waals surface area contributed by atoms with Crippen molar-refractivity contribution in [2.24, 2.45) is 7.05 Å². The summed E-state index contributed by atoms with van der Waals surface area (Å²) in [6.07, 6.45) is 1.44. The monoisotopic (exact) mass is 253 g/mol. The van der Waals surface area contributed by atoms with Crippen LogP contribution in [0.2, 0.25) is 5.02 Å². The van der Waals surface area contributed by atoms with Crippen molar-refractivity contribution in [1.29, 1.82) is 0 Å². The number of anilines is 2. The highest BCUT2D eigenvalue weighted by Gasteiger charge is 2.07. The van der Waals surface area contributed by atoms with Crippen molar-refractivity contribution < 1.29 is 4.39 Å². The van der Waals surface area contributed by atoms with E-state index in [0.29, 0.717) is 11.4 Å². The van der Waals surface area contributed by atoms with Crippen LogP contribution in [0.3, 0.4) is 0 Å². The van der Waals surface area contributed by atoms with E-state index in [2.05, 4.69) is 10.4 Å². The van der Waals surface area contributed by atoms with Crippen molar-refractivity contribution in [2.45, 2.75) is 0 Å². The van der Waals surface area contributed by atoms with E-state index in [9.17, 15) is 9.18 Å². The van der Waals surface area contributed by atoms with E-state index in [4.69, 9.17) is 11.6 Å². The standard InChI is InChI=1S/C11H9ClFN3O/c1-16-11(17)10(12)9(6-14-16)15-8-4-2-7(13)3-5-8/h2-6,15H,1H3. The summed E-state index contributed by atoms with van der Waals surface area (Å²) in [5.41, 5.74) is 0.628. The lowest BCUT2D eigenvalue weighted by atomic mass is 10.3. The van der Waals surface area contributed by atoms with Gasteiger partial charge >= 0.3 is 0 Å². The number of nitrogens with zero attached hydrogens (tertiary/aromatic N) is 2. The van der Waals surface area contributed by atoms with Gasteiger partial charge in [-0.3, -0.25) is 4.79 Å². The molecule has 0 saturated heterocycles. The third kappa shape index (κ3) is 2.45. The molecule has 6 heteroatoms. The molecule has 1 aromatic carbocycles. The van der Waals surface area contributed by atoms with E-state index in [1.54, 1.807) is 12.1 Å². The molecule has 0 aliphatic heterocycles. The summed E-state index contributed by atoms with van der Waals surface area (Å²) in [5, 5.41) is 6.78. The second-order valence-electron chi connectivity index (χ2n) is 3.43. The maximum absolute atomic E-state index is 12.7. The molecule has 1 aromatic heterocycles. The fraction of sp³-hybridized carbons (Fsp3) is 0.0909. The molecule has 0 aliphatic carbocycles. The van der Waals surface area contributed by atoms with Crippen molar-refractivity contribution in [3.05, 3.63) is 51.7 Å². The van der Waals surface area contributed by atoms with E-state index in [1.165, 1.54) is 25.4 Å². The van der Waals surface area contributed by atoms with Gasteiger partial charge < -0.3 is 5.32 Å². The number of aryl methyl sites for hydroxylation is 1. The Morgan fingerprint density at radius 1 is 1.35 bits per heavy atom. The van der Waals surface area contributed by atoms with Gasteiger partial charge in [-0.1, -0.05) is 11.6 Å². The summed E-state index contributed by atoms with van der Waals surface area (Å²) in [6.45, 7) is 0. The average Bonchev–Trinajstić information content (AvgIpc) is 2.33. The largest absolute Gasteiger partial charge is 0.353 e. The Balaban J connectivity index is 2.34. The molecule has 4 nitrogen and oxygen atoms in total. The van der Waals surface area contributed by atoms with E-state index < -0.39 is 5.56 Å². The van der Waals surface area contributed by atoms with Gasteiger partial charge in [0.15, 0.2) is 0 Å². The Morgan fingerprint density at radius 2 is 2.00 bits per heavy atom. The Kier molecular flexibility index (Phi) is 3.10. The lowest BCUT2D eigenvalue weighted by molar-refractivity contribution is 0.628. The lowest BCUT2D eigenvalue weighted by Crippen LogP contribution is -2.20. The van der Waals surface area contributed by atoms with Gasteiger partial charge in [-0.15, -0.1) is 0 Å². The minimum absolute atomic E-state index is 0.0480. The van der Waals surface area contributed by atoms with Crippen LogP contribution >= 0.6 is 11.6 Å². The molecule has 0 aliphatic rings. The fourth-order valence-corrected chi connectivity index (χ4v) is 1.50. The maximum atomic E-state index is 12.7. The summed E-state index contributed by atoms with van der Waals surface area (Å²) < 4.78 is 13.8. The van der Waals surface area contributed by atoms with Gasteiger partial charge in [0.1, 0.15) is 10.8 Å². The molecular formula is C11H9ClFN3O. The highest BCUT2D eigenvalue weighted by Crippen LogP contribution is 2.20. The first kappa shape index (κ1) is 11.6. The molecule has 0 saturated carbocycles. The molecule has 2 rings (SSSR count). The van der Waals surface area contributed by atoms with Gasteiger partial charge in [0, 0.05) is 12.7 Å². The summed E-state index contributed by atoms with van der Waals surface area (Å²) in [4.78, 5) is 11.5. The molecule has 2 aromatic rings. The highest BCUT2D eigenvalue weighted by atomic mass is 35.5. The molecular weight excluding hydrogens is 245 g/mol. The van der Waals surface area contributed by atoms with Crippen molar-refractivity contribution in [3.8, 4) is 0 Å². The van der Waals surface area contributed by atoms with Gasteiger partial charge in [-0.05, 0) is 24.3 Å². The number of benzene rings is 1. The molecule has 0 radical (unpaired) electrons. The second kappa shape index (κ2) is 4.55.